The Bertz CT molecular complexity index is 959. The van der Waals surface area contributed by atoms with Crippen LogP contribution in [0.15, 0.2) is 4.99 Å². The number of quaternary nitrogens is 1. The first-order valence-electron chi connectivity index (χ1n) is 16.8. The molecule has 45 heavy (non-hydrogen) atoms. The number of hydrogen-bond acceptors (Lipinski definition) is 12. The summed E-state index contributed by atoms with van der Waals surface area (Å²) in [4.78, 5) is 30.9. The van der Waals surface area contributed by atoms with Crippen molar-refractivity contribution in [2.75, 3.05) is 20.3 Å². The van der Waals surface area contributed by atoms with Gasteiger partial charge in [0.25, 0.3) is 0 Å². The number of carbonyl (C=O) groups excluding carboxylic acids is 2. The van der Waals surface area contributed by atoms with Crippen LogP contribution < -0.4 is 10.6 Å². The highest BCUT2D eigenvalue weighted by Gasteiger charge is 2.68. The molecule has 10 atom stereocenters. The molecule has 2 saturated heterocycles. The average molecular weight is 646 g/mol. The van der Waals surface area contributed by atoms with Crippen molar-refractivity contribution >= 4 is 18.3 Å². The number of carbonyl (C=O) groups is 2. The van der Waals surface area contributed by atoms with Crippen LogP contribution in [0.4, 0.5) is 4.79 Å². The smallest absolute Gasteiger partial charge is 0.429 e. The lowest BCUT2D eigenvalue weighted by Gasteiger charge is -2.45. The number of nitrogens with one attached hydrogen (secondary N) is 2. The molecule has 0 saturated carbocycles. The number of aliphatic hydroxyl groups is 5. The molecule has 3 rings (SSSR count). The highest BCUT2D eigenvalue weighted by Crippen LogP contribution is 2.39. The largest absolute Gasteiger partial charge is 0.456 e. The fourth-order valence-corrected chi connectivity index (χ4v) is 6.33. The van der Waals surface area contributed by atoms with Crippen LogP contribution in [0.25, 0.3) is 0 Å². The maximum Gasteiger partial charge on any atom is 0.429 e. The van der Waals surface area contributed by atoms with E-state index in [4.69, 9.17) is 14.2 Å². The number of nitrogens with zero attached hydrogens (tertiary/aromatic N) is 2. The van der Waals surface area contributed by atoms with E-state index in [0.717, 1.165) is 25.6 Å². The molecule has 3 aliphatic rings. The lowest BCUT2D eigenvalue weighted by Crippen LogP contribution is -2.77. The summed E-state index contributed by atoms with van der Waals surface area (Å²) >= 11 is 0. The first-order chi connectivity index (χ1) is 21.6. The lowest BCUT2D eigenvalue weighted by molar-refractivity contribution is -0.867. The van der Waals surface area contributed by atoms with Crippen molar-refractivity contribution in [3.05, 3.63) is 0 Å². The molecule has 2 unspecified atom stereocenters. The zero-order valence-electron chi connectivity index (χ0n) is 27.2. The zero-order valence-corrected chi connectivity index (χ0v) is 27.2. The number of aliphatic imine (C=N–C) groups is 1. The molecule has 14 heteroatoms. The van der Waals surface area contributed by atoms with Crippen molar-refractivity contribution in [3.63, 3.8) is 0 Å². The maximum atomic E-state index is 13.8. The van der Waals surface area contributed by atoms with E-state index in [1.165, 1.54) is 57.8 Å². The molecule has 3 aliphatic heterocycles. The van der Waals surface area contributed by atoms with Crippen LogP contribution in [0.3, 0.4) is 0 Å². The first kappa shape index (κ1) is 37.7. The monoisotopic (exact) mass is 645 g/mol. The molecular formula is C31H57N4O10+. The molecule has 2 fully saturated rings. The predicted molar refractivity (Wildman–Crippen MR) is 164 cm³/mol. The molecule has 3 heterocycles. The molecule has 0 bridgehead atoms. The van der Waals surface area contributed by atoms with Crippen LogP contribution >= 0.6 is 0 Å². The van der Waals surface area contributed by atoms with Gasteiger partial charge in [-0.3, -0.25) is 15.4 Å². The highest BCUT2D eigenvalue weighted by molar-refractivity contribution is 5.79. The number of unbranched alkanes of at least 4 members (excludes halogenated alkanes) is 12. The topological polar surface area (TPSA) is 199 Å². The van der Waals surface area contributed by atoms with Gasteiger partial charge in [0.2, 0.25) is 18.8 Å². The highest BCUT2D eigenvalue weighted by atomic mass is 16.6. The van der Waals surface area contributed by atoms with E-state index < -0.39 is 84.6 Å². The Kier molecular flexibility index (Phi) is 15.1. The van der Waals surface area contributed by atoms with E-state index in [1.807, 2.05) is 0 Å². The third kappa shape index (κ3) is 9.20. The molecule has 0 aromatic heterocycles. The van der Waals surface area contributed by atoms with Crippen molar-refractivity contribution < 1.29 is 53.8 Å². The second kappa shape index (κ2) is 18.0. The molecule has 0 aromatic rings. The molecule has 260 valence electrons. The summed E-state index contributed by atoms with van der Waals surface area (Å²) in [6, 6.07) is -0.809. The SMILES string of the molecule is CCCCCCCCCCCCCCCC(=O)O[C@H]1[C@H](O)[C@H]([N+]2([C@@H]3O[C@H](CO)[C@@H](O)[C@H]3O)C=NC(C)(NC)NC2=O)O[C@@H]1CO. The van der Waals surface area contributed by atoms with E-state index >= 15 is 0 Å². The molecule has 14 nitrogen and oxygen atoms in total. The van der Waals surface area contributed by atoms with Crippen molar-refractivity contribution in [3.8, 4) is 0 Å². The van der Waals surface area contributed by atoms with Crippen LogP contribution in [0.5, 0.6) is 0 Å². The van der Waals surface area contributed by atoms with Crippen molar-refractivity contribution in [2.45, 2.75) is 159 Å². The van der Waals surface area contributed by atoms with Gasteiger partial charge in [-0.05, 0) is 20.4 Å². The second-order valence-corrected chi connectivity index (χ2v) is 12.7. The lowest BCUT2D eigenvalue weighted by atomic mass is 10.0. The van der Waals surface area contributed by atoms with E-state index in [-0.39, 0.29) is 6.42 Å². The van der Waals surface area contributed by atoms with E-state index in [9.17, 15) is 35.1 Å². The van der Waals surface area contributed by atoms with Gasteiger partial charge in [-0.25, -0.2) is 4.79 Å². The Morgan fingerprint density at radius 3 is 1.89 bits per heavy atom. The summed E-state index contributed by atoms with van der Waals surface area (Å²) in [6.07, 6.45) is 4.76. The fraction of sp³-hybridized carbons (Fsp3) is 0.903. The van der Waals surface area contributed by atoms with Crippen molar-refractivity contribution in [2.24, 2.45) is 4.99 Å². The Morgan fingerprint density at radius 2 is 1.40 bits per heavy atom. The van der Waals surface area contributed by atoms with Crippen LogP contribution in [-0.2, 0) is 19.0 Å². The molecule has 7 N–H and O–H groups in total. The quantitative estimate of drug-likeness (QED) is 0.0573. The Hall–Kier alpha value is -1.75. The fourth-order valence-electron chi connectivity index (χ4n) is 6.33. The standard InChI is InChI=1S/C31H56N4O10/c1-4-5-6-7-8-9-10-11-12-13-14-15-16-17-23(38)45-27-22(19-37)44-29(26(27)41)35(20-33-31(2,32-3)34-30(35)42)28-25(40)24(39)21(18-36)43-28/h20-22,24-29,32,36-37,39-41H,4-19H2,1-3H3/p+1/t21-,22-,24-,25-,26+,27-,28-,29-,31?,35?/m1/s1. The summed E-state index contributed by atoms with van der Waals surface area (Å²) in [5, 5.41) is 58.0. The van der Waals surface area contributed by atoms with Gasteiger partial charge in [0.1, 0.15) is 18.3 Å². The minimum absolute atomic E-state index is 0.126. The number of amides is 2. The zero-order chi connectivity index (χ0) is 33.0. The van der Waals surface area contributed by atoms with Crippen LogP contribution in [0.1, 0.15) is 104 Å². The maximum absolute atomic E-state index is 13.8. The van der Waals surface area contributed by atoms with Crippen LogP contribution in [-0.4, -0.2) is 123 Å². The van der Waals surface area contributed by atoms with Gasteiger partial charge in [-0.1, -0.05) is 84.0 Å². The minimum Gasteiger partial charge on any atom is -0.456 e. The van der Waals surface area contributed by atoms with Gasteiger partial charge in [0.05, 0.1) is 13.2 Å². The predicted octanol–water partition coefficient (Wildman–Crippen LogP) is 1.36. The number of hydrogen-bond donors (Lipinski definition) is 7. The number of urea groups is 1. The van der Waals surface area contributed by atoms with E-state index in [0.29, 0.717) is 6.42 Å². The molecule has 0 aromatic carbocycles. The summed E-state index contributed by atoms with van der Waals surface area (Å²) in [7, 11) is 1.57. The first-order valence-corrected chi connectivity index (χ1v) is 16.8. The number of esters is 1. The molecular weight excluding hydrogens is 588 g/mol. The third-order valence-corrected chi connectivity index (χ3v) is 9.30. The van der Waals surface area contributed by atoms with Gasteiger partial charge in [-0.15, -0.1) is 4.48 Å². The van der Waals surface area contributed by atoms with Gasteiger partial charge >= 0.3 is 12.0 Å². The summed E-state index contributed by atoms with van der Waals surface area (Å²) in [5.41, 5.74) is 0. The molecule has 0 spiro atoms. The molecule has 0 aliphatic carbocycles. The average Bonchev–Trinajstić information content (AvgIpc) is 3.50. The number of ether oxygens (including phenoxy) is 3. The normalized spacial score (nSPS) is 36.4. The Labute approximate surface area is 266 Å². The third-order valence-electron chi connectivity index (χ3n) is 9.30. The second-order valence-electron chi connectivity index (χ2n) is 12.7. The van der Waals surface area contributed by atoms with Gasteiger partial charge in [0, 0.05) is 6.42 Å². The van der Waals surface area contributed by atoms with Gasteiger partial charge < -0.3 is 39.7 Å². The summed E-state index contributed by atoms with van der Waals surface area (Å²) < 4.78 is 16.1. The minimum atomic E-state index is -1.68. The Balaban J connectivity index is 1.56. The number of aliphatic hydroxyl groups excluding tert-OH is 5. The molecule has 0 radical (unpaired) electrons. The molecule has 2 amide bonds. The van der Waals surface area contributed by atoms with E-state index in [1.54, 1.807) is 14.0 Å². The number of rotatable bonds is 20. The van der Waals surface area contributed by atoms with Crippen LogP contribution in [0.2, 0.25) is 0 Å². The van der Waals surface area contributed by atoms with Crippen molar-refractivity contribution in [1.82, 2.24) is 10.6 Å². The van der Waals surface area contributed by atoms with Gasteiger partial charge in [-0.2, -0.15) is 4.99 Å². The van der Waals surface area contributed by atoms with E-state index in [2.05, 4.69) is 22.5 Å². The van der Waals surface area contributed by atoms with Gasteiger partial charge in [0.15, 0.2) is 24.1 Å². The summed E-state index contributed by atoms with van der Waals surface area (Å²) in [6.45, 7) is 2.53. The van der Waals surface area contributed by atoms with Crippen molar-refractivity contribution in [1.29, 1.82) is 0 Å². The van der Waals surface area contributed by atoms with Crippen LogP contribution in [0, 0.1) is 0 Å². The Morgan fingerprint density at radius 1 is 0.889 bits per heavy atom. The summed E-state index contributed by atoms with van der Waals surface area (Å²) in [5.74, 6) is -1.80.